The normalized spacial score (nSPS) is 11.6. The summed E-state index contributed by atoms with van der Waals surface area (Å²) in [5.41, 5.74) is 1.16. The zero-order chi connectivity index (χ0) is 12.7. The van der Waals surface area contributed by atoms with Crippen molar-refractivity contribution < 1.29 is 4.79 Å². The molecule has 0 aliphatic carbocycles. The molecule has 1 N–H and O–H groups in total. The second-order valence-electron chi connectivity index (χ2n) is 3.85. The summed E-state index contributed by atoms with van der Waals surface area (Å²) in [7, 11) is 0. The Balaban J connectivity index is 2.54. The van der Waals surface area contributed by atoms with Crippen LogP contribution in [0.15, 0.2) is 24.3 Å². The van der Waals surface area contributed by atoms with Crippen LogP contribution >= 0.6 is 11.8 Å². The quantitative estimate of drug-likeness (QED) is 0.870. The molecule has 0 saturated carbocycles. The lowest BCUT2D eigenvalue weighted by molar-refractivity contribution is 0.0939. The van der Waals surface area contributed by atoms with Crippen molar-refractivity contribution in [2.75, 3.05) is 12.0 Å². The molecule has 4 heteroatoms. The van der Waals surface area contributed by atoms with Gasteiger partial charge < -0.3 is 5.32 Å². The molecule has 0 aromatic heterocycles. The van der Waals surface area contributed by atoms with Gasteiger partial charge in [-0.15, -0.1) is 0 Å². The molecule has 0 saturated heterocycles. The third-order valence-electron chi connectivity index (χ3n) is 2.41. The molecule has 0 radical (unpaired) electrons. The number of nitriles is 1. The van der Waals surface area contributed by atoms with E-state index in [1.807, 2.05) is 13.0 Å². The Hall–Kier alpha value is -1.47. The van der Waals surface area contributed by atoms with Crippen LogP contribution in [0.3, 0.4) is 0 Å². The zero-order valence-electron chi connectivity index (χ0n) is 10.1. The number of carbonyl (C=O) groups excluding carboxylic acids is 1. The van der Waals surface area contributed by atoms with Crippen LogP contribution < -0.4 is 5.32 Å². The van der Waals surface area contributed by atoms with Gasteiger partial charge in [-0.25, -0.2) is 0 Å². The monoisotopic (exact) mass is 248 g/mol. The van der Waals surface area contributed by atoms with Gasteiger partial charge in [-0.1, -0.05) is 0 Å². The first-order valence-electron chi connectivity index (χ1n) is 5.47. The van der Waals surface area contributed by atoms with Gasteiger partial charge in [-0.05, 0) is 49.6 Å². The van der Waals surface area contributed by atoms with Crippen LogP contribution in [0.25, 0.3) is 0 Å². The second kappa shape index (κ2) is 6.97. The first kappa shape index (κ1) is 13.6. The predicted octanol–water partition coefficient (Wildman–Crippen LogP) is 2.43. The van der Waals surface area contributed by atoms with E-state index in [4.69, 9.17) is 5.26 Å². The number of hydrogen-bond donors (Lipinski definition) is 1. The minimum absolute atomic E-state index is 0.0805. The third-order valence-corrected chi connectivity index (χ3v) is 3.05. The van der Waals surface area contributed by atoms with E-state index in [0.717, 1.165) is 12.2 Å². The lowest BCUT2D eigenvalue weighted by Gasteiger charge is -2.13. The molecule has 1 aromatic carbocycles. The van der Waals surface area contributed by atoms with E-state index in [2.05, 4.69) is 11.6 Å². The van der Waals surface area contributed by atoms with Crippen molar-refractivity contribution in [3.05, 3.63) is 35.4 Å². The summed E-state index contributed by atoms with van der Waals surface area (Å²) in [6.07, 6.45) is 3.01. The van der Waals surface area contributed by atoms with E-state index >= 15 is 0 Å². The van der Waals surface area contributed by atoms with E-state index in [9.17, 15) is 4.79 Å². The van der Waals surface area contributed by atoms with E-state index in [0.29, 0.717) is 11.1 Å². The average molecular weight is 248 g/mol. The first-order valence-corrected chi connectivity index (χ1v) is 6.86. The maximum absolute atomic E-state index is 11.8. The Labute approximate surface area is 106 Å². The number of rotatable bonds is 5. The van der Waals surface area contributed by atoms with Gasteiger partial charge in [0, 0.05) is 11.6 Å². The van der Waals surface area contributed by atoms with Gasteiger partial charge in [0.25, 0.3) is 5.91 Å². The van der Waals surface area contributed by atoms with Crippen molar-refractivity contribution in [2.45, 2.75) is 19.4 Å². The van der Waals surface area contributed by atoms with E-state index < -0.39 is 0 Å². The highest BCUT2D eigenvalue weighted by Gasteiger charge is 2.09. The van der Waals surface area contributed by atoms with Crippen LogP contribution in [0.5, 0.6) is 0 Å². The molecular formula is C13H16N2OS. The van der Waals surface area contributed by atoms with Gasteiger partial charge in [0.2, 0.25) is 0 Å². The Morgan fingerprint density at radius 3 is 2.65 bits per heavy atom. The molecule has 0 aliphatic rings. The maximum atomic E-state index is 11.8. The molecule has 0 fully saturated rings. The Morgan fingerprint density at radius 2 is 2.12 bits per heavy atom. The summed E-state index contributed by atoms with van der Waals surface area (Å²) < 4.78 is 0. The maximum Gasteiger partial charge on any atom is 0.251 e. The van der Waals surface area contributed by atoms with Crippen LogP contribution in [0, 0.1) is 11.3 Å². The Bertz CT molecular complexity index is 408. The summed E-state index contributed by atoms with van der Waals surface area (Å²) in [5, 5.41) is 11.6. The fourth-order valence-corrected chi connectivity index (χ4v) is 1.96. The summed E-state index contributed by atoms with van der Waals surface area (Å²) in [5.74, 6) is 0.956. The summed E-state index contributed by atoms with van der Waals surface area (Å²) in [4.78, 5) is 11.8. The number of hydrogen-bond acceptors (Lipinski definition) is 3. The van der Waals surface area contributed by atoms with Crippen LogP contribution in [0.1, 0.15) is 29.3 Å². The summed E-state index contributed by atoms with van der Waals surface area (Å²) in [6, 6.07) is 8.86. The molecule has 17 heavy (non-hydrogen) atoms. The molecule has 1 atom stereocenters. The van der Waals surface area contributed by atoms with Gasteiger partial charge in [0.15, 0.2) is 0 Å². The van der Waals surface area contributed by atoms with Crippen molar-refractivity contribution in [1.82, 2.24) is 5.32 Å². The van der Waals surface area contributed by atoms with Crippen molar-refractivity contribution in [3.63, 3.8) is 0 Å². The Kier molecular flexibility index (Phi) is 5.58. The number of benzene rings is 1. The third kappa shape index (κ3) is 4.49. The van der Waals surface area contributed by atoms with Crippen LogP contribution in [0.2, 0.25) is 0 Å². The largest absolute Gasteiger partial charge is 0.350 e. The van der Waals surface area contributed by atoms with Crippen LogP contribution in [-0.2, 0) is 0 Å². The number of nitrogens with one attached hydrogen (secondary N) is 1. The lowest BCUT2D eigenvalue weighted by atomic mass is 10.1. The first-order chi connectivity index (χ1) is 8.17. The van der Waals surface area contributed by atoms with Gasteiger partial charge in [0.05, 0.1) is 11.6 Å². The van der Waals surface area contributed by atoms with Gasteiger partial charge in [-0.3, -0.25) is 4.79 Å². The molecule has 0 spiro atoms. The molecule has 0 aliphatic heterocycles. The molecule has 0 heterocycles. The number of thioether (sulfide) groups is 1. The topological polar surface area (TPSA) is 52.9 Å². The fourth-order valence-electron chi connectivity index (χ4n) is 1.37. The minimum atomic E-state index is -0.0805. The number of carbonyl (C=O) groups is 1. The number of nitrogens with zero attached hydrogens (tertiary/aromatic N) is 1. The highest BCUT2D eigenvalue weighted by atomic mass is 32.2. The van der Waals surface area contributed by atoms with E-state index in [1.54, 1.807) is 36.0 Å². The van der Waals surface area contributed by atoms with Crippen LogP contribution in [0.4, 0.5) is 0 Å². The lowest BCUT2D eigenvalue weighted by Crippen LogP contribution is -2.32. The summed E-state index contributed by atoms with van der Waals surface area (Å²) in [6.45, 7) is 2.00. The van der Waals surface area contributed by atoms with Crippen LogP contribution in [-0.4, -0.2) is 24.0 Å². The van der Waals surface area contributed by atoms with Crippen molar-refractivity contribution in [1.29, 1.82) is 5.26 Å². The fraction of sp³-hybridized carbons (Fsp3) is 0.385. The van der Waals surface area contributed by atoms with Gasteiger partial charge in [-0.2, -0.15) is 17.0 Å². The molecular weight excluding hydrogens is 232 g/mol. The van der Waals surface area contributed by atoms with Crippen molar-refractivity contribution >= 4 is 17.7 Å². The SMILES string of the molecule is CSCCC(C)NC(=O)c1ccc(C#N)cc1. The molecule has 1 rings (SSSR count). The smallest absolute Gasteiger partial charge is 0.251 e. The highest BCUT2D eigenvalue weighted by molar-refractivity contribution is 7.98. The molecule has 0 bridgehead atoms. The summed E-state index contributed by atoms with van der Waals surface area (Å²) >= 11 is 1.77. The molecule has 1 unspecified atom stereocenters. The predicted molar refractivity (Wildman–Crippen MR) is 71.1 cm³/mol. The van der Waals surface area contributed by atoms with E-state index in [1.165, 1.54) is 0 Å². The van der Waals surface area contributed by atoms with Crippen molar-refractivity contribution in [3.8, 4) is 6.07 Å². The zero-order valence-corrected chi connectivity index (χ0v) is 10.9. The molecule has 90 valence electrons. The average Bonchev–Trinajstić information content (AvgIpc) is 2.36. The van der Waals surface area contributed by atoms with Gasteiger partial charge >= 0.3 is 0 Å². The molecule has 1 amide bonds. The minimum Gasteiger partial charge on any atom is -0.350 e. The van der Waals surface area contributed by atoms with Crippen molar-refractivity contribution in [2.24, 2.45) is 0 Å². The van der Waals surface area contributed by atoms with Gasteiger partial charge in [0.1, 0.15) is 0 Å². The second-order valence-corrected chi connectivity index (χ2v) is 4.83. The van der Waals surface area contributed by atoms with E-state index in [-0.39, 0.29) is 11.9 Å². The number of amides is 1. The highest BCUT2D eigenvalue weighted by Crippen LogP contribution is 2.05. The Morgan fingerprint density at radius 1 is 1.47 bits per heavy atom. The molecule has 3 nitrogen and oxygen atoms in total. The molecule has 1 aromatic rings. The standard InChI is InChI=1S/C13H16N2OS/c1-10(7-8-17-2)15-13(16)12-5-3-11(9-14)4-6-12/h3-6,10H,7-8H2,1-2H3,(H,15,16).